The third-order valence-electron chi connectivity index (χ3n) is 4.86. The van der Waals surface area contributed by atoms with Crippen molar-refractivity contribution in [2.24, 2.45) is 5.92 Å². The maximum atomic E-state index is 13.1. The Kier molecular flexibility index (Phi) is 9.37. The number of methoxy groups -OCH3 is 1. The molecule has 0 saturated heterocycles. The molecule has 6 nitrogen and oxygen atoms in total. The molecule has 2 amide bonds. The number of halogens is 1. The number of nitrogens with zero attached hydrogens (tertiary/aromatic N) is 1. The van der Waals surface area contributed by atoms with Crippen LogP contribution in [-0.2, 0) is 16.1 Å². The van der Waals surface area contributed by atoms with E-state index in [4.69, 9.17) is 9.47 Å². The smallest absolute Gasteiger partial charge is 0.261 e. The van der Waals surface area contributed by atoms with Crippen LogP contribution in [0.15, 0.2) is 46.9 Å². The van der Waals surface area contributed by atoms with Crippen molar-refractivity contribution < 1.29 is 19.1 Å². The molecule has 2 aromatic carbocycles. The highest BCUT2D eigenvalue weighted by Crippen LogP contribution is 2.22. The van der Waals surface area contributed by atoms with Gasteiger partial charge in [0.2, 0.25) is 5.91 Å². The second-order valence-corrected chi connectivity index (χ2v) is 8.74. The predicted molar refractivity (Wildman–Crippen MR) is 125 cm³/mol. The largest absolute Gasteiger partial charge is 0.497 e. The first-order valence-electron chi connectivity index (χ1n) is 10.3. The lowest BCUT2D eigenvalue weighted by Crippen LogP contribution is -2.49. The van der Waals surface area contributed by atoms with Crippen molar-refractivity contribution in [2.75, 3.05) is 20.3 Å². The van der Waals surface area contributed by atoms with Crippen LogP contribution >= 0.6 is 15.9 Å². The molecule has 2 rings (SSSR count). The van der Waals surface area contributed by atoms with E-state index >= 15 is 0 Å². The van der Waals surface area contributed by atoms with Crippen LogP contribution in [0.2, 0.25) is 0 Å². The third-order valence-corrected chi connectivity index (χ3v) is 5.75. The number of amides is 2. The van der Waals surface area contributed by atoms with Crippen LogP contribution in [-0.4, -0.2) is 43.0 Å². The molecule has 0 aliphatic rings. The molecule has 0 aliphatic carbocycles. The van der Waals surface area contributed by atoms with Gasteiger partial charge in [-0.15, -0.1) is 0 Å². The highest BCUT2D eigenvalue weighted by molar-refractivity contribution is 9.10. The van der Waals surface area contributed by atoms with E-state index in [-0.39, 0.29) is 18.4 Å². The van der Waals surface area contributed by atoms with E-state index < -0.39 is 6.04 Å². The SMILES string of the molecule is COc1ccc(CN(C(=O)COc2ccc(Br)c(C)c2)C(C)C(=O)NCC(C)C)cc1. The van der Waals surface area contributed by atoms with Gasteiger partial charge in [0.05, 0.1) is 7.11 Å². The van der Waals surface area contributed by atoms with Gasteiger partial charge in [-0.2, -0.15) is 0 Å². The molecule has 0 heterocycles. The van der Waals surface area contributed by atoms with Crippen molar-refractivity contribution in [3.63, 3.8) is 0 Å². The lowest BCUT2D eigenvalue weighted by Gasteiger charge is -2.29. The summed E-state index contributed by atoms with van der Waals surface area (Å²) in [5.41, 5.74) is 1.92. The molecule has 1 atom stereocenters. The number of rotatable bonds is 10. The number of hydrogen-bond acceptors (Lipinski definition) is 4. The lowest BCUT2D eigenvalue weighted by molar-refractivity contribution is -0.142. The molecule has 0 bridgehead atoms. The van der Waals surface area contributed by atoms with Crippen LogP contribution in [0.3, 0.4) is 0 Å². The average molecular weight is 491 g/mol. The molecule has 7 heteroatoms. The number of ether oxygens (including phenoxy) is 2. The summed E-state index contributed by atoms with van der Waals surface area (Å²) in [5.74, 6) is 1.22. The summed E-state index contributed by atoms with van der Waals surface area (Å²) in [6.07, 6.45) is 0. The van der Waals surface area contributed by atoms with Gasteiger partial charge in [0, 0.05) is 17.6 Å². The van der Waals surface area contributed by atoms with Gasteiger partial charge in [-0.25, -0.2) is 0 Å². The first kappa shape index (κ1) is 24.7. The van der Waals surface area contributed by atoms with Gasteiger partial charge >= 0.3 is 0 Å². The number of aryl methyl sites for hydroxylation is 1. The molecule has 2 aromatic rings. The molecule has 0 aromatic heterocycles. The average Bonchev–Trinajstić information content (AvgIpc) is 2.76. The van der Waals surface area contributed by atoms with Crippen molar-refractivity contribution >= 4 is 27.7 Å². The second kappa shape index (κ2) is 11.7. The number of nitrogens with one attached hydrogen (secondary N) is 1. The predicted octanol–water partition coefficient (Wildman–Crippen LogP) is 4.33. The molecule has 31 heavy (non-hydrogen) atoms. The van der Waals surface area contributed by atoms with E-state index in [1.54, 1.807) is 25.0 Å². The van der Waals surface area contributed by atoms with E-state index in [1.165, 1.54) is 0 Å². The van der Waals surface area contributed by atoms with Crippen LogP contribution in [0.4, 0.5) is 0 Å². The molecule has 0 fully saturated rings. The number of carbonyl (C=O) groups is 2. The maximum Gasteiger partial charge on any atom is 0.261 e. The standard InChI is InChI=1S/C24H31BrN2O4/c1-16(2)13-26-24(29)18(4)27(14-19-6-8-20(30-5)9-7-19)23(28)15-31-21-10-11-22(25)17(3)12-21/h6-12,16,18H,13-15H2,1-5H3,(H,26,29). The molecule has 168 valence electrons. The minimum absolute atomic E-state index is 0.154. The van der Waals surface area contributed by atoms with Crippen LogP contribution in [0.5, 0.6) is 11.5 Å². The number of hydrogen-bond donors (Lipinski definition) is 1. The first-order valence-corrected chi connectivity index (χ1v) is 11.1. The van der Waals surface area contributed by atoms with Crippen LogP contribution in [0.1, 0.15) is 31.9 Å². The van der Waals surface area contributed by atoms with Gasteiger partial charge in [0.25, 0.3) is 5.91 Å². The molecule has 1 N–H and O–H groups in total. The summed E-state index contributed by atoms with van der Waals surface area (Å²) in [7, 11) is 1.60. The summed E-state index contributed by atoms with van der Waals surface area (Å²) in [4.78, 5) is 27.3. The first-order chi connectivity index (χ1) is 14.7. The highest BCUT2D eigenvalue weighted by Gasteiger charge is 2.26. The summed E-state index contributed by atoms with van der Waals surface area (Å²) in [5, 5.41) is 2.91. The van der Waals surface area contributed by atoms with Gasteiger partial charge in [0.15, 0.2) is 6.61 Å². The van der Waals surface area contributed by atoms with Crippen molar-refractivity contribution in [3.8, 4) is 11.5 Å². The fourth-order valence-electron chi connectivity index (χ4n) is 2.90. The Morgan fingerprint density at radius 3 is 2.29 bits per heavy atom. The van der Waals surface area contributed by atoms with E-state index in [9.17, 15) is 9.59 Å². The van der Waals surface area contributed by atoms with Crippen molar-refractivity contribution in [3.05, 3.63) is 58.1 Å². The van der Waals surface area contributed by atoms with Crippen molar-refractivity contribution in [1.29, 1.82) is 0 Å². The molecule has 0 saturated carbocycles. The van der Waals surface area contributed by atoms with Gasteiger partial charge in [0.1, 0.15) is 17.5 Å². The molecule has 0 spiro atoms. The zero-order chi connectivity index (χ0) is 23.0. The highest BCUT2D eigenvalue weighted by atomic mass is 79.9. The normalized spacial score (nSPS) is 11.7. The summed E-state index contributed by atoms with van der Waals surface area (Å²) < 4.78 is 11.9. The van der Waals surface area contributed by atoms with E-state index in [0.29, 0.717) is 24.8 Å². The Morgan fingerprint density at radius 1 is 1.06 bits per heavy atom. The van der Waals surface area contributed by atoms with Crippen LogP contribution in [0, 0.1) is 12.8 Å². The fraction of sp³-hybridized carbons (Fsp3) is 0.417. The zero-order valence-corrected chi connectivity index (χ0v) is 20.4. The third kappa shape index (κ3) is 7.58. The number of benzene rings is 2. The number of carbonyl (C=O) groups excluding carboxylic acids is 2. The Bertz CT molecular complexity index is 884. The topological polar surface area (TPSA) is 67.9 Å². The molecule has 1 unspecified atom stereocenters. The Hall–Kier alpha value is -2.54. The quantitative estimate of drug-likeness (QED) is 0.537. The minimum atomic E-state index is -0.636. The van der Waals surface area contributed by atoms with Crippen LogP contribution in [0.25, 0.3) is 0 Å². The zero-order valence-electron chi connectivity index (χ0n) is 18.8. The fourth-order valence-corrected chi connectivity index (χ4v) is 3.14. The van der Waals surface area contributed by atoms with Gasteiger partial charge in [-0.05, 0) is 61.2 Å². The Labute approximate surface area is 193 Å². The van der Waals surface area contributed by atoms with Gasteiger partial charge in [-0.3, -0.25) is 9.59 Å². The second-order valence-electron chi connectivity index (χ2n) is 7.88. The van der Waals surface area contributed by atoms with E-state index in [1.807, 2.05) is 57.2 Å². The van der Waals surface area contributed by atoms with Crippen molar-refractivity contribution in [2.45, 2.75) is 40.3 Å². The summed E-state index contributed by atoms with van der Waals surface area (Å²) in [6.45, 7) is 8.44. The summed E-state index contributed by atoms with van der Waals surface area (Å²) in [6, 6.07) is 12.4. The van der Waals surface area contributed by atoms with Crippen molar-refractivity contribution in [1.82, 2.24) is 10.2 Å². The van der Waals surface area contributed by atoms with E-state index in [2.05, 4.69) is 21.2 Å². The molecule has 0 aliphatic heterocycles. The van der Waals surface area contributed by atoms with E-state index in [0.717, 1.165) is 21.3 Å². The molecular weight excluding hydrogens is 460 g/mol. The van der Waals surface area contributed by atoms with Gasteiger partial charge < -0.3 is 19.7 Å². The Morgan fingerprint density at radius 2 is 1.71 bits per heavy atom. The molecule has 0 radical (unpaired) electrons. The molecular formula is C24H31BrN2O4. The van der Waals surface area contributed by atoms with Gasteiger partial charge in [-0.1, -0.05) is 41.9 Å². The lowest BCUT2D eigenvalue weighted by atomic mass is 10.1. The van der Waals surface area contributed by atoms with Crippen LogP contribution < -0.4 is 14.8 Å². The monoisotopic (exact) mass is 490 g/mol. The maximum absolute atomic E-state index is 13.1. The Balaban J connectivity index is 2.14. The summed E-state index contributed by atoms with van der Waals surface area (Å²) >= 11 is 3.46. The minimum Gasteiger partial charge on any atom is -0.497 e.